The second-order valence-electron chi connectivity index (χ2n) is 4.25. The highest BCUT2D eigenvalue weighted by atomic mass is 19.1. The summed E-state index contributed by atoms with van der Waals surface area (Å²) in [5.41, 5.74) is 2.07. The summed E-state index contributed by atoms with van der Waals surface area (Å²) in [7, 11) is 0. The van der Waals surface area contributed by atoms with Gasteiger partial charge in [0.05, 0.1) is 18.4 Å². The molecule has 2 aromatic heterocycles. The zero-order valence-electron chi connectivity index (χ0n) is 10.3. The third-order valence-electron chi connectivity index (χ3n) is 2.91. The number of hydrogen-bond donors (Lipinski definition) is 2. The largest absolute Gasteiger partial charge is 0.348 e. The standard InChI is InChI=1S/C13H12FN5/c1-8(9-4-2-3-5-10(9)14)17-13-15-6-12-11(18-13)7-16-19-12/h2-8H,1H3,(H,16,19)(H,15,17,18)/t8-/m0/s1. The Kier molecular flexibility index (Phi) is 2.83. The van der Waals surface area contributed by atoms with Gasteiger partial charge in [0.1, 0.15) is 16.9 Å². The van der Waals surface area contributed by atoms with E-state index in [1.807, 2.05) is 6.92 Å². The summed E-state index contributed by atoms with van der Waals surface area (Å²) >= 11 is 0. The van der Waals surface area contributed by atoms with Crippen LogP contribution in [-0.4, -0.2) is 20.2 Å². The minimum Gasteiger partial charge on any atom is -0.348 e. The number of halogens is 1. The Morgan fingerprint density at radius 3 is 2.95 bits per heavy atom. The quantitative estimate of drug-likeness (QED) is 0.757. The van der Waals surface area contributed by atoms with Gasteiger partial charge in [0.15, 0.2) is 0 Å². The van der Waals surface area contributed by atoms with E-state index in [0.29, 0.717) is 11.5 Å². The molecule has 6 heteroatoms. The van der Waals surface area contributed by atoms with E-state index in [2.05, 4.69) is 25.5 Å². The highest BCUT2D eigenvalue weighted by Crippen LogP contribution is 2.20. The predicted molar refractivity (Wildman–Crippen MR) is 70.1 cm³/mol. The van der Waals surface area contributed by atoms with Crippen LogP contribution in [0, 0.1) is 5.82 Å². The molecule has 0 amide bonds. The first-order valence-electron chi connectivity index (χ1n) is 5.91. The Morgan fingerprint density at radius 1 is 1.26 bits per heavy atom. The van der Waals surface area contributed by atoms with Gasteiger partial charge in [-0.15, -0.1) is 0 Å². The minimum absolute atomic E-state index is 0.217. The zero-order chi connectivity index (χ0) is 13.2. The van der Waals surface area contributed by atoms with Gasteiger partial charge in [-0.05, 0) is 13.0 Å². The van der Waals surface area contributed by atoms with Crippen LogP contribution in [0.1, 0.15) is 18.5 Å². The van der Waals surface area contributed by atoms with E-state index in [4.69, 9.17) is 0 Å². The molecule has 0 radical (unpaired) electrons. The van der Waals surface area contributed by atoms with Crippen molar-refractivity contribution in [2.24, 2.45) is 0 Å². The van der Waals surface area contributed by atoms with Crippen molar-refractivity contribution in [1.82, 2.24) is 20.2 Å². The molecule has 0 aliphatic heterocycles. The summed E-state index contributed by atoms with van der Waals surface area (Å²) in [6.45, 7) is 1.86. The van der Waals surface area contributed by atoms with E-state index < -0.39 is 0 Å². The highest BCUT2D eigenvalue weighted by Gasteiger charge is 2.11. The number of fused-ring (bicyclic) bond motifs is 1. The Bertz CT molecular complexity index is 709. The molecule has 1 aromatic carbocycles. The van der Waals surface area contributed by atoms with Crippen molar-refractivity contribution in [1.29, 1.82) is 0 Å². The van der Waals surface area contributed by atoms with Gasteiger partial charge in [0, 0.05) is 5.56 Å². The Morgan fingerprint density at radius 2 is 2.11 bits per heavy atom. The van der Waals surface area contributed by atoms with Gasteiger partial charge >= 0.3 is 0 Å². The fraction of sp³-hybridized carbons (Fsp3) is 0.154. The normalized spacial score (nSPS) is 12.5. The number of H-pyrrole nitrogens is 1. The molecule has 0 fully saturated rings. The lowest BCUT2D eigenvalue weighted by molar-refractivity contribution is 0.599. The summed E-state index contributed by atoms with van der Waals surface area (Å²) in [6, 6.07) is 6.43. The van der Waals surface area contributed by atoms with Crippen LogP contribution in [0.25, 0.3) is 11.0 Å². The third kappa shape index (κ3) is 2.24. The summed E-state index contributed by atoms with van der Waals surface area (Å²) in [5.74, 6) is 0.205. The molecule has 2 N–H and O–H groups in total. The molecule has 0 spiro atoms. The van der Waals surface area contributed by atoms with Crippen molar-refractivity contribution in [3.63, 3.8) is 0 Å². The highest BCUT2D eigenvalue weighted by molar-refractivity contribution is 5.73. The molecule has 0 unspecified atom stereocenters. The molecule has 0 saturated heterocycles. The minimum atomic E-state index is -0.244. The maximum absolute atomic E-state index is 13.7. The lowest BCUT2D eigenvalue weighted by atomic mass is 10.1. The van der Waals surface area contributed by atoms with Gasteiger partial charge in [-0.25, -0.2) is 14.4 Å². The van der Waals surface area contributed by atoms with Crippen LogP contribution >= 0.6 is 0 Å². The average molecular weight is 257 g/mol. The number of rotatable bonds is 3. The summed E-state index contributed by atoms with van der Waals surface area (Å²) < 4.78 is 13.7. The van der Waals surface area contributed by atoms with E-state index in [-0.39, 0.29) is 11.9 Å². The van der Waals surface area contributed by atoms with Gasteiger partial charge < -0.3 is 5.32 Å². The number of benzene rings is 1. The summed E-state index contributed by atoms with van der Waals surface area (Å²) in [4.78, 5) is 8.45. The number of anilines is 1. The number of aromatic amines is 1. The van der Waals surface area contributed by atoms with E-state index in [0.717, 1.165) is 11.0 Å². The first-order chi connectivity index (χ1) is 9.24. The lowest BCUT2D eigenvalue weighted by Crippen LogP contribution is -2.10. The molecular weight excluding hydrogens is 245 g/mol. The molecule has 0 saturated carbocycles. The maximum atomic E-state index is 13.7. The van der Waals surface area contributed by atoms with Crippen LogP contribution in [0.4, 0.5) is 10.3 Å². The topological polar surface area (TPSA) is 66.5 Å². The van der Waals surface area contributed by atoms with Crippen LogP contribution in [0.3, 0.4) is 0 Å². The van der Waals surface area contributed by atoms with E-state index in [9.17, 15) is 4.39 Å². The van der Waals surface area contributed by atoms with Crippen molar-refractivity contribution in [2.75, 3.05) is 5.32 Å². The maximum Gasteiger partial charge on any atom is 0.223 e. The lowest BCUT2D eigenvalue weighted by Gasteiger charge is -2.14. The fourth-order valence-electron chi connectivity index (χ4n) is 1.91. The van der Waals surface area contributed by atoms with Crippen molar-refractivity contribution < 1.29 is 4.39 Å². The Balaban J connectivity index is 1.86. The molecular formula is C13H12FN5. The van der Waals surface area contributed by atoms with Crippen LogP contribution in [0.5, 0.6) is 0 Å². The molecule has 2 heterocycles. The number of aromatic nitrogens is 4. The molecule has 0 bridgehead atoms. The second-order valence-corrected chi connectivity index (χ2v) is 4.25. The average Bonchev–Trinajstić information content (AvgIpc) is 2.86. The molecule has 96 valence electrons. The molecule has 5 nitrogen and oxygen atoms in total. The zero-order valence-corrected chi connectivity index (χ0v) is 10.3. The molecule has 19 heavy (non-hydrogen) atoms. The Labute approximate surface area is 108 Å². The van der Waals surface area contributed by atoms with Crippen molar-refractivity contribution in [3.05, 3.63) is 48.0 Å². The number of hydrogen-bond acceptors (Lipinski definition) is 4. The summed E-state index contributed by atoms with van der Waals surface area (Å²) in [5, 5.41) is 9.73. The molecule has 0 aliphatic carbocycles. The van der Waals surface area contributed by atoms with Crippen LogP contribution in [-0.2, 0) is 0 Å². The Hall–Kier alpha value is -2.50. The van der Waals surface area contributed by atoms with E-state index in [1.54, 1.807) is 30.6 Å². The van der Waals surface area contributed by atoms with Crippen LogP contribution < -0.4 is 5.32 Å². The number of nitrogens with one attached hydrogen (secondary N) is 2. The molecule has 3 aromatic rings. The first-order valence-corrected chi connectivity index (χ1v) is 5.91. The predicted octanol–water partition coefficient (Wildman–Crippen LogP) is 2.67. The molecule has 3 rings (SSSR count). The van der Waals surface area contributed by atoms with Crippen LogP contribution in [0.2, 0.25) is 0 Å². The molecule has 1 atom stereocenters. The van der Waals surface area contributed by atoms with Gasteiger partial charge in [-0.1, -0.05) is 18.2 Å². The summed E-state index contributed by atoms with van der Waals surface area (Å²) in [6.07, 6.45) is 3.27. The van der Waals surface area contributed by atoms with Gasteiger partial charge in [-0.3, -0.25) is 5.10 Å². The monoisotopic (exact) mass is 257 g/mol. The van der Waals surface area contributed by atoms with E-state index >= 15 is 0 Å². The first kappa shape index (κ1) is 11.6. The number of nitrogens with zero attached hydrogens (tertiary/aromatic N) is 3. The van der Waals surface area contributed by atoms with Gasteiger partial charge in [-0.2, -0.15) is 5.10 Å². The third-order valence-corrected chi connectivity index (χ3v) is 2.91. The van der Waals surface area contributed by atoms with Crippen molar-refractivity contribution >= 4 is 17.0 Å². The second kappa shape index (κ2) is 4.64. The van der Waals surface area contributed by atoms with Crippen LogP contribution in [0.15, 0.2) is 36.7 Å². The van der Waals surface area contributed by atoms with Gasteiger partial charge in [0.2, 0.25) is 5.95 Å². The fourth-order valence-corrected chi connectivity index (χ4v) is 1.91. The van der Waals surface area contributed by atoms with Crippen molar-refractivity contribution in [3.8, 4) is 0 Å². The van der Waals surface area contributed by atoms with Gasteiger partial charge in [0.25, 0.3) is 0 Å². The van der Waals surface area contributed by atoms with Crippen molar-refractivity contribution in [2.45, 2.75) is 13.0 Å². The SMILES string of the molecule is C[C@H](Nc1ncc2[nH]ncc2n1)c1ccccc1F. The molecule has 0 aliphatic rings. The van der Waals surface area contributed by atoms with E-state index in [1.165, 1.54) is 6.07 Å². The smallest absolute Gasteiger partial charge is 0.223 e.